The van der Waals surface area contributed by atoms with E-state index in [2.05, 4.69) is 44.7 Å². The Morgan fingerprint density at radius 1 is 1.04 bits per heavy atom. The van der Waals surface area contributed by atoms with E-state index in [1.165, 1.54) is 5.56 Å². The number of piperazine rings is 1. The third-order valence-corrected chi connectivity index (χ3v) is 4.97. The first-order chi connectivity index (χ1) is 12.7. The Labute approximate surface area is 155 Å². The lowest BCUT2D eigenvalue weighted by molar-refractivity contribution is -0.121. The van der Waals surface area contributed by atoms with Gasteiger partial charge in [0.2, 0.25) is 5.91 Å². The fourth-order valence-corrected chi connectivity index (χ4v) is 3.42. The van der Waals surface area contributed by atoms with Gasteiger partial charge in [-0.2, -0.15) is 0 Å². The second kappa shape index (κ2) is 9.54. The van der Waals surface area contributed by atoms with Gasteiger partial charge in [-0.15, -0.1) is 0 Å². The standard InChI is InChI=1S/C19H29N5O2/c25-18-16-24(9-4-7-20-18)19(26)21-8-10-22-11-13-23(14-12-22)15-17-5-2-1-3-6-17/h1-3,5-6H,4,7-16H2,(H,20,25)(H,21,26). The van der Waals surface area contributed by atoms with Crippen LogP contribution in [0.25, 0.3) is 0 Å². The summed E-state index contributed by atoms with van der Waals surface area (Å²) in [6, 6.07) is 10.4. The van der Waals surface area contributed by atoms with Crippen LogP contribution in [0.3, 0.4) is 0 Å². The van der Waals surface area contributed by atoms with Gasteiger partial charge in [0, 0.05) is 58.9 Å². The second-order valence-corrected chi connectivity index (χ2v) is 6.96. The Morgan fingerprint density at radius 3 is 2.54 bits per heavy atom. The zero-order valence-corrected chi connectivity index (χ0v) is 15.3. The molecule has 0 spiro atoms. The van der Waals surface area contributed by atoms with Gasteiger partial charge in [-0.3, -0.25) is 14.6 Å². The van der Waals surface area contributed by atoms with Crippen molar-refractivity contribution in [1.29, 1.82) is 0 Å². The highest BCUT2D eigenvalue weighted by atomic mass is 16.2. The molecule has 26 heavy (non-hydrogen) atoms. The third kappa shape index (κ3) is 5.71. The normalized spacial score (nSPS) is 19.7. The molecule has 2 N–H and O–H groups in total. The van der Waals surface area contributed by atoms with Crippen LogP contribution in [0.1, 0.15) is 12.0 Å². The molecule has 0 aromatic heterocycles. The van der Waals surface area contributed by atoms with Gasteiger partial charge in [-0.05, 0) is 12.0 Å². The first-order valence-corrected chi connectivity index (χ1v) is 9.49. The van der Waals surface area contributed by atoms with E-state index in [0.717, 1.165) is 45.7 Å². The summed E-state index contributed by atoms with van der Waals surface area (Å²) < 4.78 is 0. The number of carbonyl (C=O) groups is 2. The number of nitrogens with zero attached hydrogens (tertiary/aromatic N) is 3. The number of hydrogen-bond acceptors (Lipinski definition) is 4. The second-order valence-electron chi connectivity index (χ2n) is 6.96. The van der Waals surface area contributed by atoms with Gasteiger partial charge in [0.05, 0.1) is 0 Å². The molecule has 2 aliphatic rings. The number of benzene rings is 1. The lowest BCUT2D eigenvalue weighted by Gasteiger charge is -2.34. The van der Waals surface area contributed by atoms with Gasteiger partial charge in [0.25, 0.3) is 0 Å². The van der Waals surface area contributed by atoms with Crippen molar-refractivity contribution in [3.8, 4) is 0 Å². The molecule has 3 rings (SSSR count). The molecule has 0 radical (unpaired) electrons. The van der Waals surface area contributed by atoms with Gasteiger partial charge in [-0.1, -0.05) is 30.3 Å². The molecule has 0 atom stereocenters. The quantitative estimate of drug-likeness (QED) is 0.795. The Morgan fingerprint density at radius 2 is 1.77 bits per heavy atom. The summed E-state index contributed by atoms with van der Waals surface area (Å²) in [7, 11) is 0. The largest absolute Gasteiger partial charge is 0.354 e. The molecule has 3 amide bonds. The van der Waals surface area contributed by atoms with E-state index in [1.54, 1.807) is 4.90 Å². The fraction of sp³-hybridized carbons (Fsp3) is 0.579. The van der Waals surface area contributed by atoms with Crippen molar-refractivity contribution in [3.05, 3.63) is 35.9 Å². The van der Waals surface area contributed by atoms with Crippen molar-refractivity contribution >= 4 is 11.9 Å². The molecule has 2 heterocycles. The van der Waals surface area contributed by atoms with Crippen LogP contribution in [-0.2, 0) is 11.3 Å². The SMILES string of the molecule is O=C1CN(C(=O)NCCN2CCN(Cc3ccccc3)CC2)CCCN1. The number of nitrogens with one attached hydrogen (secondary N) is 2. The van der Waals surface area contributed by atoms with Crippen LogP contribution in [0.4, 0.5) is 4.79 Å². The molecule has 7 heteroatoms. The summed E-state index contributed by atoms with van der Waals surface area (Å²) >= 11 is 0. The summed E-state index contributed by atoms with van der Waals surface area (Å²) in [5.74, 6) is -0.0767. The van der Waals surface area contributed by atoms with E-state index in [0.29, 0.717) is 19.6 Å². The highest BCUT2D eigenvalue weighted by Crippen LogP contribution is 2.08. The zero-order valence-electron chi connectivity index (χ0n) is 15.3. The molecular formula is C19H29N5O2. The average Bonchev–Trinajstić information content (AvgIpc) is 2.88. The molecule has 7 nitrogen and oxygen atoms in total. The maximum Gasteiger partial charge on any atom is 0.317 e. The van der Waals surface area contributed by atoms with E-state index in [1.807, 2.05) is 6.07 Å². The monoisotopic (exact) mass is 359 g/mol. The van der Waals surface area contributed by atoms with E-state index in [4.69, 9.17) is 0 Å². The van der Waals surface area contributed by atoms with Crippen molar-refractivity contribution in [2.24, 2.45) is 0 Å². The van der Waals surface area contributed by atoms with Gasteiger partial charge < -0.3 is 15.5 Å². The molecule has 2 saturated heterocycles. The van der Waals surface area contributed by atoms with Crippen LogP contribution in [0, 0.1) is 0 Å². The fourth-order valence-electron chi connectivity index (χ4n) is 3.42. The Kier molecular flexibility index (Phi) is 6.85. The highest BCUT2D eigenvalue weighted by molar-refractivity contribution is 5.84. The summed E-state index contributed by atoms with van der Waals surface area (Å²) in [4.78, 5) is 30.2. The van der Waals surface area contributed by atoms with Crippen LogP contribution >= 0.6 is 0 Å². The number of hydrogen-bond donors (Lipinski definition) is 2. The van der Waals surface area contributed by atoms with Crippen molar-refractivity contribution in [3.63, 3.8) is 0 Å². The first kappa shape index (κ1) is 18.7. The lowest BCUT2D eigenvalue weighted by atomic mass is 10.2. The average molecular weight is 359 g/mol. The van der Waals surface area contributed by atoms with Crippen molar-refractivity contribution in [2.45, 2.75) is 13.0 Å². The lowest BCUT2D eigenvalue weighted by Crippen LogP contribution is -2.49. The Bertz CT molecular complexity index is 587. The molecule has 0 saturated carbocycles. The predicted molar refractivity (Wildman–Crippen MR) is 101 cm³/mol. The van der Waals surface area contributed by atoms with Gasteiger partial charge in [0.1, 0.15) is 6.54 Å². The number of rotatable bonds is 5. The van der Waals surface area contributed by atoms with Crippen molar-refractivity contribution in [1.82, 2.24) is 25.3 Å². The zero-order chi connectivity index (χ0) is 18.2. The van der Waals surface area contributed by atoms with E-state index in [-0.39, 0.29) is 18.5 Å². The van der Waals surface area contributed by atoms with Gasteiger partial charge >= 0.3 is 6.03 Å². The Balaban J connectivity index is 1.32. The smallest absolute Gasteiger partial charge is 0.317 e. The van der Waals surface area contributed by atoms with Gasteiger partial charge in [0.15, 0.2) is 0 Å². The molecule has 2 fully saturated rings. The van der Waals surface area contributed by atoms with E-state index in [9.17, 15) is 9.59 Å². The minimum Gasteiger partial charge on any atom is -0.354 e. The molecule has 0 unspecified atom stereocenters. The summed E-state index contributed by atoms with van der Waals surface area (Å²) in [5, 5.41) is 5.74. The molecule has 142 valence electrons. The topological polar surface area (TPSA) is 67.9 Å². The Hall–Kier alpha value is -2.12. The number of amides is 3. The van der Waals surface area contributed by atoms with Crippen LogP contribution < -0.4 is 10.6 Å². The van der Waals surface area contributed by atoms with Crippen molar-refractivity contribution < 1.29 is 9.59 Å². The first-order valence-electron chi connectivity index (χ1n) is 9.49. The molecule has 0 bridgehead atoms. The molecule has 0 aliphatic carbocycles. The van der Waals surface area contributed by atoms with E-state index >= 15 is 0 Å². The van der Waals surface area contributed by atoms with Crippen LogP contribution in [0.5, 0.6) is 0 Å². The minimum atomic E-state index is -0.134. The van der Waals surface area contributed by atoms with Crippen LogP contribution in [0.15, 0.2) is 30.3 Å². The molecule has 2 aliphatic heterocycles. The summed E-state index contributed by atoms with van der Waals surface area (Å²) in [5.41, 5.74) is 1.36. The van der Waals surface area contributed by atoms with Gasteiger partial charge in [-0.25, -0.2) is 4.79 Å². The molecular weight excluding hydrogens is 330 g/mol. The number of urea groups is 1. The summed E-state index contributed by atoms with van der Waals surface area (Å²) in [6.45, 7) is 8.06. The summed E-state index contributed by atoms with van der Waals surface area (Å²) in [6.07, 6.45) is 0.808. The van der Waals surface area contributed by atoms with Crippen LogP contribution in [0.2, 0.25) is 0 Å². The van der Waals surface area contributed by atoms with Crippen molar-refractivity contribution in [2.75, 3.05) is 58.9 Å². The maximum absolute atomic E-state index is 12.2. The van der Waals surface area contributed by atoms with Crippen LogP contribution in [-0.4, -0.2) is 85.5 Å². The predicted octanol–water partition coefficient (Wildman–Crippen LogP) is 0.336. The number of carbonyl (C=O) groups excluding carboxylic acids is 2. The molecule has 1 aromatic rings. The highest BCUT2D eigenvalue weighted by Gasteiger charge is 2.20. The molecule has 1 aromatic carbocycles. The third-order valence-electron chi connectivity index (χ3n) is 4.97. The van der Waals surface area contributed by atoms with E-state index < -0.39 is 0 Å². The minimum absolute atomic E-state index is 0.0767. The maximum atomic E-state index is 12.2.